The van der Waals surface area contributed by atoms with Crippen molar-refractivity contribution in [2.75, 3.05) is 37.4 Å². The zero-order chi connectivity index (χ0) is 13.5. The summed E-state index contributed by atoms with van der Waals surface area (Å²) >= 11 is 0. The fraction of sp³-hybridized carbons (Fsp3) is 0.692. The zero-order valence-corrected chi connectivity index (χ0v) is 11.4. The van der Waals surface area contributed by atoms with Gasteiger partial charge >= 0.3 is 0 Å². The standard InChI is InChI=1S/C13H22N4O2/c1-2-6-19-13-11(14)12(16-9-17-13)15-5-7-18-8-10-3-4-10/h9-10H,2-8,14H2,1H3,(H,15,16,17). The summed E-state index contributed by atoms with van der Waals surface area (Å²) < 4.78 is 11.0. The summed E-state index contributed by atoms with van der Waals surface area (Å²) in [5, 5.41) is 3.14. The highest BCUT2D eigenvalue weighted by molar-refractivity contribution is 5.66. The van der Waals surface area contributed by atoms with E-state index < -0.39 is 0 Å². The maximum absolute atomic E-state index is 5.94. The molecule has 0 amide bonds. The summed E-state index contributed by atoms with van der Waals surface area (Å²) in [6, 6.07) is 0. The molecule has 1 aliphatic rings. The second-order valence-electron chi connectivity index (χ2n) is 4.73. The molecule has 0 radical (unpaired) electrons. The van der Waals surface area contributed by atoms with Gasteiger partial charge in [0.1, 0.15) is 12.0 Å². The molecule has 19 heavy (non-hydrogen) atoms. The Morgan fingerprint density at radius 3 is 2.95 bits per heavy atom. The van der Waals surface area contributed by atoms with Crippen LogP contribution in [0.15, 0.2) is 6.33 Å². The molecule has 0 atom stereocenters. The smallest absolute Gasteiger partial charge is 0.242 e. The van der Waals surface area contributed by atoms with E-state index in [1.165, 1.54) is 19.2 Å². The molecule has 1 aliphatic carbocycles. The summed E-state index contributed by atoms with van der Waals surface area (Å²) in [6.07, 6.45) is 4.99. The Morgan fingerprint density at radius 1 is 1.37 bits per heavy atom. The van der Waals surface area contributed by atoms with Gasteiger partial charge in [-0.2, -0.15) is 4.98 Å². The molecule has 1 aromatic heterocycles. The fourth-order valence-corrected chi connectivity index (χ4v) is 1.61. The van der Waals surface area contributed by atoms with Gasteiger partial charge in [-0.05, 0) is 25.2 Å². The highest BCUT2D eigenvalue weighted by atomic mass is 16.5. The van der Waals surface area contributed by atoms with Gasteiger partial charge in [0.15, 0.2) is 5.82 Å². The molecule has 6 heteroatoms. The van der Waals surface area contributed by atoms with E-state index in [2.05, 4.69) is 15.3 Å². The van der Waals surface area contributed by atoms with Gasteiger partial charge in [0.05, 0.1) is 13.2 Å². The summed E-state index contributed by atoms with van der Waals surface area (Å²) in [5.41, 5.74) is 6.40. The Bertz CT molecular complexity index is 396. The Balaban J connectivity index is 1.74. The molecule has 106 valence electrons. The molecule has 0 bridgehead atoms. The van der Waals surface area contributed by atoms with Crippen LogP contribution in [0, 0.1) is 5.92 Å². The average Bonchev–Trinajstić information content (AvgIpc) is 3.23. The molecule has 1 fully saturated rings. The number of anilines is 2. The van der Waals surface area contributed by atoms with Crippen LogP contribution in [0.2, 0.25) is 0 Å². The molecule has 0 aromatic carbocycles. The predicted octanol–water partition coefficient (Wildman–Crippen LogP) is 1.69. The van der Waals surface area contributed by atoms with Crippen LogP contribution < -0.4 is 15.8 Å². The third-order valence-electron chi connectivity index (χ3n) is 2.88. The molecular formula is C13H22N4O2. The minimum absolute atomic E-state index is 0.443. The molecule has 3 N–H and O–H groups in total. The highest BCUT2D eigenvalue weighted by Crippen LogP contribution is 2.28. The van der Waals surface area contributed by atoms with E-state index in [1.54, 1.807) is 0 Å². The number of hydrogen-bond donors (Lipinski definition) is 2. The van der Waals surface area contributed by atoms with E-state index in [9.17, 15) is 0 Å². The van der Waals surface area contributed by atoms with Crippen molar-refractivity contribution in [3.05, 3.63) is 6.33 Å². The van der Waals surface area contributed by atoms with Gasteiger partial charge < -0.3 is 20.5 Å². The fourth-order valence-electron chi connectivity index (χ4n) is 1.61. The quantitative estimate of drug-likeness (QED) is 0.662. The van der Waals surface area contributed by atoms with Crippen molar-refractivity contribution in [2.45, 2.75) is 26.2 Å². The first-order valence-corrected chi connectivity index (χ1v) is 6.86. The first kappa shape index (κ1) is 13.9. The molecule has 0 spiro atoms. The van der Waals surface area contributed by atoms with Gasteiger partial charge in [-0.1, -0.05) is 6.92 Å². The number of rotatable bonds is 9. The van der Waals surface area contributed by atoms with Crippen molar-refractivity contribution < 1.29 is 9.47 Å². The Labute approximate surface area is 113 Å². The Morgan fingerprint density at radius 2 is 2.21 bits per heavy atom. The number of ether oxygens (including phenoxy) is 2. The van der Waals surface area contributed by atoms with E-state index in [0.29, 0.717) is 37.1 Å². The lowest BCUT2D eigenvalue weighted by molar-refractivity contribution is 0.134. The summed E-state index contributed by atoms with van der Waals surface area (Å²) in [5.74, 6) is 1.84. The lowest BCUT2D eigenvalue weighted by Crippen LogP contribution is -2.13. The Kier molecular flexibility index (Phi) is 5.20. The van der Waals surface area contributed by atoms with E-state index in [1.807, 2.05) is 6.92 Å². The third-order valence-corrected chi connectivity index (χ3v) is 2.88. The van der Waals surface area contributed by atoms with Crippen LogP contribution in [0.5, 0.6) is 5.88 Å². The molecule has 1 aromatic rings. The SMILES string of the molecule is CCCOc1ncnc(NCCOCC2CC2)c1N. The highest BCUT2D eigenvalue weighted by Gasteiger charge is 2.20. The normalized spacial score (nSPS) is 14.4. The van der Waals surface area contributed by atoms with Crippen LogP contribution in [-0.4, -0.2) is 36.3 Å². The lowest BCUT2D eigenvalue weighted by Gasteiger charge is -2.11. The predicted molar refractivity (Wildman–Crippen MR) is 74.3 cm³/mol. The molecule has 0 unspecified atom stereocenters. The van der Waals surface area contributed by atoms with Gasteiger partial charge in [-0.25, -0.2) is 4.98 Å². The molecule has 0 saturated heterocycles. The maximum atomic E-state index is 5.94. The largest absolute Gasteiger partial charge is 0.476 e. The molecule has 6 nitrogen and oxygen atoms in total. The second kappa shape index (κ2) is 7.13. The van der Waals surface area contributed by atoms with Gasteiger partial charge in [0.25, 0.3) is 0 Å². The van der Waals surface area contributed by atoms with Crippen molar-refractivity contribution in [3.8, 4) is 5.88 Å². The molecule has 0 aliphatic heterocycles. The lowest BCUT2D eigenvalue weighted by atomic mass is 10.4. The van der Waals surface area contributed by atoms with E-state index >= 15 is 0 Å². The number of nitrogens with zero attached hydrogens (tertiary/aromatic N) is 2. The van der Waals surface area contributed by atoms with Crippen molar-refractivity contribution in [2.24, 2.45) is 5.92 Å². The number of nitrogen functional groups attached to an aromatic ring is 1. The van der Waals surface area contributed by atoms with Gasteiger partial charge in [0, 0.05) is 13.2 Å². The van der Waals surface area contributed by atoms with Crippen molar-refractivity contribution in [3.63, 3.8) is 0 Å². The summed E-state index contributed by atoms with van der Waals surface area (Å²) in [7, 11) is 0. The van der Waals surface area contributed by atoms with Crippen LogP contribution in [0.1, 0.15) is 26.2 Å². The second-order valence-corrected chi connectivity index (χ2v) is 4.73. The van der Waals surface area contributed by atoms with Crippen LogP contribution in [0.4, 0.5) is 11.5 Å². The van der Waals surface area contributed by atoms with Crippen molar-refractivity contribution in [1.82, 2.24) is 9.97 Å². The van der Waals surface area contributed by atoms with E-state index in [-0.39, 0.29) is 0 Å². The zero-order valence-electron chi connectivity index (χ0n) is 11.4. The minimum atomic E-state index is 0.443. The average molecular weight is 266 g/mol. The van der Waals surface area contributed by atoms with Gasteiger partial charge in [0.2, 0.25) is 5.88 Å². The number of aromatic nitrogens is 2. The molecule has 1 saturated carbocycles. The third kappa shape index (κ3) is 4.55. The van der Waals surface area contributed by atoms with E-state index in [0.717, 1.165) is 18.9 Å². The number of nitrogens with two attached hydrogens (primary N) is 1. The topological polar surface area (TPSA) is 82.3 Å². The summed E-state index contributed by atoms with van der Waals surface area (Å²) in [6.45, 7) is 4.84. The molecule has 2 rings (SSSR count). The molecular weight excluding hydrogens is 244 g/mol. The first-order valence-electron chi connectivity index (χ1n) is 6.86. The first-order chi connectivity index (χ1) is 9.31. The minimum Gasteiger partial charge on any atom is -0.476 e. The van der Waals surface area contributed by atoms with Crippen LogP contribution in [-0.2, 0) is 4.74 Å². The van der Waals surface area contributed by atoms with Crippen molar-refractivity contribution >= 4 is 11.5 Å². The Hall–Kier alpha value is -1.56. The molecule has 1 heterocycles. The van der Waals surface area contributed by atoms with Crippen LogP contribution >= 0.6 is 0 Å². The number of hydrogen-bond acceptors (Lipinski definition) is 6. The number of nitrogens with one attached hydrogen (secondary N) is 1. The summed E-state index contributed by atoms with van der Waals surface area (Å²) in [4.78, 5) is 8.13. The van der Waals surface area contributed by atoms with Crippen LogP contribution in [0.25, 0.3) is 0 Å². The van der Waals surface area contributed by atoms with Gasteiger partial charge in [-0.15, -0.1) is 0 Å². The van der Waals surface area contributed by atoms with Gasteiger partial charge in [-0.3, -0.25) is 0 Å². The van der Waals surface area contributed by atoms with Crippen molar-refractivity contribution in [1.29, 1.82) is 0 Å². The maximum Gasteiger partial charge on any atom is 0.242 e. The van der Waals surface area contributed by atoms with E-state index in [4.69, 9.17) is 15.2 Å². The monoisotopic (exact) mass is 266 g/mol. The van der Waals surface area contributed by atoms with Crippen LogP contribution in [0.3, 0.4) is 0 Å².